The van der Waals surface area contributed by atoms with Crippen LogP contribution in [0.3, 0.4) is 0 Å². The molecule has 0 bridgehead atoms. The number of ether oxygens (including phenoxy) is 1. The summed E-state index contributed by atoms with van der Waals surface area (Å²) in [6.45, 7) is 0.732. The van der Waals surface area contributed by atoms with Gasteiger partial charge in [0.1, 0.15) is 17.6 Å². The topological polar surface area (TPSA) is 82.3 Å². The second-order valence-electron chi connectivity index (χ2n) is 8.23. The third kappa shape index (κ3) is 4.13. The summed E-state index contributed by atoms with van der Waals surface area (Å²) >= 11 is 0. The van der Waals surface area contributed by atoms with Crippen molar-refractivity contribution in [3.8, 4) is 0 Å². The van der Waals surface area contributed by atoms with Crippen molar-refractivity contribution in [2.24, 2.45) is 4.99 Å². The molecule has 3 aromatic heterocycles. The summed E-state index contributed by atoms with van der Waals surface area (Å²) in [5.74, 6) is -0.231. The predicted octanol–water partition coefficient (Wildman–Crippen LogP) is 5.15. The van der Waals surface area contributed by atoms with E-state index in [1.807, 2.05) is 77.5 Å². The maximum atomic E-state index is 13.1. The van der Waals surface area contributed by atoms with Gasteiger partial charge in [0.05, 0.1) is 24.2 Å². The molecule has 6 rings (SSSR count). The number of nitrogens with zero attached hydrogens (tertiary/aromatic N) is 5. The molecule has 170 valence electrons. The van der Waals surface area contributed by atoms with Gasteiger partial charge in [0.25, 0.3) is 0 Å². The molecule has 7 heteroatoms. The highest BCUT2D eigenvalue weighted by Gasteiger charge is 2.23. The zero-order valence-electron chi connectivity index (χ0n) is 18.8. The number of ketones is 1. The van der Waals surface area contributed by atoms with E-state index in [9.17, 15) is 4.79 Å². The van der Waals surface area contributed by atoms with Gasteiger partial charge in [0.2, 0.25) is 11.6 Å². The van der Waals surface area contributed by atoms with Crippen molar-refractivity contribution in [2.45, 2.75) is 12.6 Å². The van der Waals surface area contributed by atoms with Gasteiger partial charge in [-0.15, -0.1) is 0 Å². The van der Waals surface area contributed by atoms with E-state index in [0.717, 1.165) is 35.3 Å². The third-order valence-electron chi connectivity index (χ3n) is 5.96. The fourth-order valence-corrected chi connectivity index (χ4v) is 4.04. The van der Waals surface area contributed by atoms with E-state index in [0.29, 0.717) is 11.3 Å². The molecule has 1 aliphatic rings. The Hall–Kier alpha value is -4.49. The average molecular weight is 460 g/mol. The molecule has 1 saturated heterocycles. The lowest BCUT2D eigenvalue weighted by molar-refractivity contribution is -0.0971. The summed E-state index contributed by atoms with van der Waals surface area (Å²) in [5, 5.41) is 0.865. The summed E-state index contributed by atoms with van der Waals surface area (Å²) in [5.41, 5.74) is 4.43. The number of carbonyl (C=O) groups excluding carboxylic acids is 1. The lowest BCUT2D eigenvalue weighted by atomic mass is 10.0. The Morgan fingerprint density at radius 2 is 1.60 bits per heavy atom. The molecule has 0 spiro atoms. The lowest BCUT2D eigenvalue weighted by Gasteiger charge is -2.28. The summed E-state index contributed by atoms with van der Waals surface area (Å²) < 4.78 is 7.51. The van der Waals surface area contributed by atoms with Crippen LogP contribution in [-0.4, -0.2) is 37.6 Å². The molecule has 1 aliphatic heterocycles. The molecule has 1 atom stereocenters. The number of aliphatic imine (C=N–C) groups is 1. The summed E-state index contributed by atoms with van der Waals surface area (Å²) in [7, 11) is 0. The fourth-order valence-electron chi connectivity index (χ4n) is 4.04. The van der Waals surface area contributed by atoms with Crippen LogP contribution in [0.4, 0.5) is 5.69 Å². The van der Waals surface area contributed by atoms with Gasteiger partial charge in [0.15, 0.2) is 0 Å². The van der Waals surface area contributed by atoms with E-state index >= 15 is 0 Å². The van der Waals surface area contributed by atoms with Gasteiger partial charge in [-0.05, 0) is 18.2 Å². The Balaban J connectivity index is 1.31. The maximum absolute atomic E-state index is 13.1. The first-order chi connectivity index (χ1) is 17.3. The molecule has 0 amide bonds. The second kappa shape index (κ2) is 9.04. The van der Waals surface area contributed by atoms with Crippen LogP contribution in [0.5, 0.6) is 0 Å². The summed E-state index contributed by atoms with van der Waals surface area (Å²) in [6, 6.07) is 25.4. The smallest absolute Gasteiger partial charge is 0.248 e. The third-order valence-corrected chi connectivity index (χ3v) is 5.96. The van der Waals surface area contributed by atoms with Crippen molar-refractivity contribution in [3.63, 3.8) is 0 Å². The van der Waals surface area contributed by atoms with Crippen LogP contribution in [-0.2, 0) is 4.74 Å². The summed E-state index contributed by atoms with van der Waals surface area (Å²) in [4.78, 5) is 31.1. The minimum absolute atomic E-state index is 0.0379. The first-order valence-electron chi connectivity index (χ1n) is 11.4. The molecule has 4 heterocycles. The minimum Gasteiger partial charge on any atom is -0.358 e. The monoisotopic (exact) mass is 459 g/mol. The standard InChI is InChI=1S/C28H21N5O2/c34-26(27-30-17-21-13-15-33(28(21)32-27)24-14-16-35-24)23-12-11-22(18-29-23)31-25(19-7-3-1-4-8-19)20-9-5-2-6-10-20/h1-13,15,17-18,24H,14,16H2. The Bertz CT molecular complexity index is 1480. The van der Waals surface area contributed by atoms with E-state index in [1.54, 1.807) is 24.5 Å². The average Bonchev–Trinajstić information content (AvgIpc) is 3.30. The highest BCUT2D eigenvalue weighted by atomic mass is 16.5. The largest absolute Gasteiger partial charge is 0.358 e. The van der Waals surface area contributed by atoms with Crippen molar-refractivity contribution in [1.29, 1.82) is 0 Å². The lowest BCUT2D eigenvalue weighted by Crippen LogP contribution is -2.24. The fraction of sp³-hybridized carbons (Fsp3) is 0.107. The Morgan fingerprint density at radius 3 is 2.20 bits per heavy atom. The van der Waals surface area contributed by atoms with Crippen LogP contribution in [0.15, 0.2) is 102 Å². The normalized spacial score (nSPS) is 14.9. The Morgan fingerprint density at radius 1 is 0.886 bits per heavy atom. The highest BCUT2D eigenvalue weighted by molar-refractivity contribution is 6.14. The van der Waals surface area contributed by atoms with Crippen molar-refractivity contribution >= 4 is 28.2 Å². The number of benzene rings is 2. The van der Waals surface area contributed by atoms with Gasteiger partial charge in [0, 0.05) is 35.3 Å². The molecule has 2 aromatic carbocycles. The van der Waals surface area contributed by atoms with E-state index < -0.39 is 0 Å². The molecule has 0 saturated carbocycles. The van der Waals surface area contributed by atoms with Gasteiger partial charge < -0.3 is 9.30 Å². The molecular formula is C28H21N5O2. The van der Waals surface area contributed by atoms with Crippen molar-refractivity contribution in [1.82, 2.24) is 19.5 Å². The molecule has 1 unspecified atom stereocenters. The molecular weight excluding hydrogens is 438 g/mol. The van der Waals surface area contributed by atoms with Gasteiger partial charge in [-0.1, -0.05) is 60.7 Å². The first kappa shape index (κ1) is 21.1. The molecule has 0 N–H and O–H groups in total. The van der Waals surface area contributed by atoms with E-state index in [-0.39, 0.29) is 23.5 Å². The zero-order chi connectivity index (χ0) is 23.6. The first-order valence-corrected chi connectivity index (χ1v) is 11.4. The van der Waals surface area contributed by atoms with Gasteiger partial charge in [-0.25, -0.2) is 15.0 Å². The molecule has 0 radical (unpaired) electrons. The Kier molecular flexibility index (Phi) is 5.44. The quantitative estimate of drug-likeness (QED) is 0.259. The van der Waals surface area contributed by atoms with E-state index in [4.69, 9.17) is 9.73 Å². The number of carbonyl (C=O) groups is 1. The number of hydrogen-bond donors (Lipinski definition) is 0. The van der Waals surface area contributed by atoms with Gasteiger partial charge in [-0.2, -0.15) is 0 Å². The van der Waals surface area contributed by atoms with E-state index in [1.165, 1.54) is 0 Å². The van der Waals surface area contributed by atoms with Crippen LogP contribution in [0.2, 0.25) is 0 Å². The highest BCUT2D eigenvalue weighted by Crippen LogP contribution is 2.27. The molecule has 35 heavy (non-hydrogen) atoms. The molecule has 7 nitrogen and oxygen atoms in total. The van der Waals surface area contributed by atoms with Gasteiger partial charge in [-0.3, -0.25) is 9.78 Å². The van der Waals surface area contributed by atoms with Crippen LogP contribution in [0.1, 0.15) is 40.1 Å². The van der Waals surface area contributed by atoms with Crippen molar-refractivity contribution in [2.75, 3.05) is 6.61 Å². The number of rotatable bonds is 6. The zero-order valence-corrected chi connectivity index (χ0v) is 18.8. The van der Waals surface area contributed by atoms with Crippen molar-refractivity contribution < 1.29 is 9.53 Å². The number of aromatic nitrogens is 4. The maximum Gasteiger partial charge on any atom is 0.248 e. The van der Waals surface area contributed by atoms with Crippen molar-refractivity contribution in [3.05, 3.63) is 120 Å². The van der Waals surface area contributed by atoms with Crippen LogP contribution in [0.25, 0.3) is 11.0 Å². The minimum atomic E-state index is -0.337. The SMILES string of the molecule is O=C(c1ccc(N=C(c2ccccc2)c2ccccc2)cn1)c1ncc2ccn(C3CCO3)c2n1. The van der Waals surface area contributed by atoms with Crippen LogP contribution < -0.4 is 0 Å². The molecule has 1 fully saturated rings. The Labute approximate surface area is 201 Å². The second-order valence-corrected chi connectivity index (χ2v) is 8.23. The van der Waals surface area contributed by atoms with Crippen LogP contribution >= 0.6 is 0 Å². The van der Waals surface area contributed by atoms with Gasteiger partial charge >= 0.3 is 0 Å². The number of pyridine rings is 1. The number of hydrogen-bond acceptors (Lipinski definition) is 6. The predicted molar refractivity (Wildman–Crippen MR) is 133 cm³/mol. The summed E-state index contributed by atoms with van der Waals surface area (Å²) in [6.07, 6.45) is 6.07. The van der Waals surface area contributed by atoms with Crippen LogP contribution in [0, 0.1) is 0 Å². The molecule has 5 aromatic rings. The number of fused-ring (bicyclic) bond motifs is 1. The molecule has 0 aliphatic carbocycles. The van der Waals surface area contributed by atoms with E-state index in [2.05, 4.69) is 15.0 Å².